The van der Waals surface area contributed by atoms with Crippen molar-refractivity contribution in [2.75, 3.05) is 13.7 Å². The highest BCUT2D eigenvalue weighted by molar-refractivity contribution is 5.27. The molecule has 0 amide bonds. The molecule has 0 fully saturated rings. The van der Waals surface area contributed by atoms with Gasteiger partial charge in [0.15, 0.2) is 0 Å². The summed E-state index contributed by atoms with van der Waals surface area (Å²) in [6.07, 6.45) is 3.52. The Bertz CT molecular complexity index is 560. The van der Waals surface area contributed by atoms with Gasteiger partial charge < -0.3 is 10.1 Å². The van der Waals surface area contributed by atoms with Gasteiger partial charge in [-0.15, -0.1) is 0 Å². The summed E-state index contributed by atoms with van der Waals surface area (Å²) in [5.41, 5.74) is 1.78. The molecule has 1 aromatic heterocycles. The predicted octanol–water partition coefficient (Wildman–Crippen LogP) is 3.26. The monoisotopic (exact) mass is 274 g/mol. The van der Waals surface area contributed by atoms with Crippen molar-refractivity contribution in [1.29, 1.82) is 0 Å². The van der Waals surface area contributed by atoms with Crippen LogP contribution in [0.5, 0.6) is 5.75 Å². The molecule has 0 aliphatic rings. The van der Waals surface area contributed by atoms with Crippen molar-refractivity contribution in [2.24, 2.45) is 0 Å². The molecular formula is C16H19FN2O. The van der Waals surface area contributed by atoms with E-state index in [0.717, 1.165) is 11.3 Å². The number of halogens is 1. The number of rotatable bonds is 6. The smallest absolute Gasteiger partial charge is 0.146 e. The molecule has 0 aliphatic carbocycles. The highest BCUT2D eigenvalue weighted by Crippen LogP contribution is 2.20. The second-order valence-electron chi connectivity index (χ2n) is 4.69. The SMILES string of the molecule is CNC(CCOc1cccc(C)c1)c1ccncc1F. The summed E-state index contributed by atoms with van der Waals surface area (Å²) < 4.78 is 19.4. The molecule has 0 saturated carbocycles. The normalized spacial score (nSPS) is 12.2. The number of aryl methyl sites for hydroxylation is 1. The molecule has 0 bridgehead atoms. The molecule has 2 rings (SSSR count). The van der Waals surface area contributed by atoms with Gasteiger partial charge in [-0.25, -0.2) is 4.39 Å². The van der Waals surface area contributed by atoms with Crippen LogP contribution in [0, 0.1) is 12.7 Å². The highest BCUT2D eigenvalue weighted by atomic mass is 19.1. The van der Waals surface area contributed by atoms with Crippen molar-refractivity contribution in [2.45, 2.75) is 19.4 Å². The van der Waals surface area contributed by atoms with Gasteiger partial charge in [-0.05, 0) is 37.7 Å². The van der Waals surface area contributed by atoms with Gasteiger partial charge >= 0.3 is 0 Å². The van der Waals surface area contributed by atoms with Gasteiger partial charge in [-0.2, -0.15) is 0 Å². The van der Waals surface area contributed by atoms with Crippen molar-refractivity contribution in [3.05, 3.63) is 59.7 Å². The lowest BCUT2D eigenvalue weighted by molar-refractivity contribution is 0.288. The average molecular weight is 274 g/mol. The van der Waals surface area contributed by atoms with Crippen LogP contribution in [0.3, 0.4) is 0 Å². The van der Waals surface area contributed by atoms with E-state index in [0.29, 0.717) is 18.6 Å². The van der Waals surface area contributed by atoms with E-state index in [1.165, 1.54) is 6.20 Å². The first-order valence-electron chi connectivity index (χ1n) is 6.67. The van der Waals surface area contributed by atoms with Crippen LogP contribution >= 0.6 is 0 Å². The Morgan fingerprint density at radius 2 is 2.20 bits per heavy atom. The third-order valence-electron chi connectivity index (χ3n) is 3.19. The molecule has 1 aromatic carbocycles. The minimum absolute atomic E-state index is 0.0807. The minimum atomic E-state index is -0.289. The second kappa shape index (κ2) is 7.01. The minimum Gasteiger partial charge on any atom is -0.494 e. The Balaban J connectivity index is 1.93. The highest BCUT2D eigenvalue weighted by Gasteiger charge is 2.13. The fourth-order valence-electron chi connectivity index (χ4n) is 2.12. The summed E-state index contributed by atoms with van der Waals surface area (Å²) in [4.78, 5) is 3.77. The van der Waals surface area contributed by atoms with Crippen LogP contribution in [-0.2, 0) is 0 Å². The van der Waals surface area contributed by atoms with Crippen LogP contribution in [0.4, 0.5) is 4.39 Å². The topological polar surface area (TPSA) is 34.1 Å². The molecular weight excluding hydrogens is 255 g/mol. The summed E-state index contributed by atoms with van der Waals surface area (Å²) in [6, 6.07) is 9.51. The molecule has 0 saturated heterocycles. The lowest BCUT2D eigenvalue weighted by Gasteiger charge is -2.17. The summed E-state index contributed by atoms with van der Waals surface area (Å²) in [6.45, 7) is 2.55. The summed E-state index contributed by atoms with van der Waals surface area (Å²) in [5, 5.41) is 3.11. The van der Waals surface area contributed by atoms with E-state index in [1.807, 2.05) is 38.2 Å². The Morgan fingerprint density at radius 3 is 2.90 bits per heavy atom. The predicted molar refractivity (Wildman–Crippen MR) is 77.3 cm³/mol. The molecule has 0 radical (unpaired) electrons. The maximum absolute atomic E-state index is 13.7. The molecule has 3 nitrogen and oxygen atoms in total. The van der Waals surface area contributed by atoms with Gasteiger partial charge in [0.05, 0.1) is 12.8 Å². The standard InChI is InChI=1S/C16H19FN2O/c1-12-4-3-5-13(10-12)20-9-7-16(18-2)14-6-8-19-11-15(14)17/h3-6,8,10-11,16,18H,7,9H2,1-2H3. The van der Waals surface area contributed by atoms with Crippen LogP contribution in [0.1, 0.15) is 23.6 Å². The fraction of sp³-hybridized carbons (Fsp3) is 0.312. The first kappa shape index (κ1) is 14.5. The molecule has 0 spiro atoms. The number of hydrogen-bond acceptors (Lipinski definition) is 3. The van der Waals surface area contributed by atoms with E-state index in [2.05, 4.69) is 10.3 Å². The van der Waals surface area contributed by atoms with E-state index in [1.54, 1.807) is 12.3 Å². The van der Waals surface area contributed by atoms with E-state index in [4.69, 9.17) is 4.74 Å². The first-order chi connectivity index (χ1) is 9.70. The number of benzene rings is 1. The van der Waals surface area contributed by atoms with Crippen molar-refractivity contribution < 1.29 is 9.13 Å². The molecule has 1 unspecified atom stereocenters. The zero-order valence-electron chi connectivity index (χ0n) is 11.8. The first-order valence-corrected chi connectivity index (χ1v) is 6.67. The summed E-state index contributed by atoms with van der Waals surface area (Å²) in [7, 11) is 1.82. The Labute approximate surface area is 118 Å². The molecule has 20 heavy (non-hydrogen) atoms. The van der Waals surface area contributed by atoms with Crippen molar-refractivity contribution >= 4 is 0 Å². The lowest BCUT2D eigenvalue weighted by Crippen LogP contribution is -2.20. The van der Waals surface area contributed by atoms with Gasteiger partial charge in [-0.1, -0.05) is 12.1 Å². The third-order valence-corrected chi connectivity index (χ3v) is 3.19. The third kappa shape index (κ3) is 3.78. The maximum Gasteiger partial charge on any atom is 0.146 e. The maximum atomic E-state index is 13.7. The molecule has 1 atom stereocenters. The average Bonchev–Trinajstić information content (AvgIpc) is 2.45. The number of nitrogens with one attached hydrogen (secondary N) is 1. The van der Waals surface area contributed by atoms with Crippen molar-refractivity contribution in [3.8, 4) is 5.75 Å². The van der Waals surface area contributed by atoms with Gasteiger partial charge in [-0.3, -0.25) is 4.98 Å². The van der Waals surface area contributed by atoms with E-state index in [9.17, 15) is 4.39 Å². The Kier molecular flexibility index (Phi) is 5.07. The van der Waals surface area contributed by atoms with Gasteiger partial charge in [0.25, 0.3) is 0 Å². The van der Waals surface area contributed by atoms with Crippen molar-refractivity contribution in [3.63, 3.8) is 0 Å². The zero-order valence-corrected chi connectivity index (χ0v) is 11.8. The van der Waals surface area contributed by atoms with E-state index >= 15 is 0 Å². The molecule has 1 heterocycles. The summed E-state index contributed by atoms with van der Waals surface area (Å²) >= 11 is 0. The largest absolute Gasteiger partial charge is 0.494 e. The molecule has 4 heteroatoms. The fourth-order valence-corrected chi connectivity index (χ4v) is 2.12. The molecule has 2 aromatic rings. The van der Waals surface area contributed by atoms with E-state index in [-0.39, 0.29) is 11.9 Å². The van der Waals surface area contributed by atoms with Gasteiger partial charge in [0.2, 0.25) is 0 Å². The molecule has 1 N–H and O–H groups in total. The number of aromatic nitrogens is 1. The van der Waals surface area contributed by atoms with E-state index < -0.39 is 0 Å². The number of nitrogens with zero attached hydrogens (tertiary/aromatic N) is 1. The van der Waals surface area contributed by atoms with Gasteiger partial charge in [0.1, 0.15) is 11.6 Å². The Morgan fingerprint density at radius 1 is 1.35 bits per heavy atom. The molecule has 106 valence electrons. The van der Waals surface area contributed by atoms with Crippen LogP contribution < -0.4 is 10.1 Å². The van der Waals surface area contributed by atoms with Crippen LogP contribution in [0.2, 0.25) is 0 Å². The number of ether oxygens (including phenoxy) is 1. The van der Waals surface area contributed by atoms with Crippen LogP contribution in [-0.4, -0.2) is 18.6 Å². The quantitative estimate of drug-likeness (QED) is 0.878. The van der Waals surface area contributed by atoms with Crippen LogP contribution in [0.25, 0.3) is 0 Å². The van der Waals surface area contributed by atoms with Crippen LogP contribution in [0.15, 0.2) is 42.7 Å². The van der Waals surface area contributed by atoms with Gasteiger partial charge in [0, 0.05) is 24.2 Å². The summed E-state index contributed by atoms with van der Waals surface area (Å²) in [5.74, 6) is 0.553. The second-order valence-corrected chi connectivity index (χ2v) is 4.69. The Hall–Kier alpha value is -1.94. The van der Waals surface area contributed by atoms with Crippen molar-refractivity contribution in [1.82, 2.24) is 10.3 Å². The number of pyridine rings is 1. The number of hydrogen-bond donors (Lipinski definition) is 1. The lowest BCUT2D eigenvalue weighted by atomic mass is 10.1. The zero-order chi connectivity index (χ0) is 14.4. The molecule has 0 aliphatic heterocycles.